The van der Waals surface area contributed by atoms with Gasteiger partial charge in [-0.2, -0.15) is 0 Å². The van der Waals surface area contributed by atoms with Crippen molar-refractivity contribution in [2.75, 3.05) is 0 Å². The zero-order chi connectivity index (χ0) is 54.5. The second-order valence-corrected chi connectivity index (χ2v) is 15.4. The summed E-state index contributed by atoms with van der Waals surface area (Å²) in [7, 11) is 0. The molecule has 0 aliphatic carbocycles. The summed E-state index contributed by atoms with van der Waals surface area (Å²) >= 11 is 0. The highest BCUT2D eigenvalue weighted by Gasteiger charge is 2.27. The van der Waals surface area contributed by atoms with Gasteiger partial charge in [0.05, 0.1) is 38.9 Å². The van der Waals surface area contributed by atoms with Crippen LogP contribution in [0.25, 0.3) is 72.7 Å². The van der Waals surface area contributed by atoms with Crippen LogP contribution in [-0.2, 0) is 10.8 Å². The summed E-state index contributed by atoms with van der Waals surface area (Å²) in [5, 5.41) is 12.5. The molecule has 0 unspecified atom stereocenters. The molecule has 57 heavy (non-hydrogen) atoms. The van der Waals surface area contributed by atoms with Crippen LogP contribution in [0.5, 0.6) is 5.75 Å². The first kappa shape index (κ1) is 22.5. The second-order valence-electron chi connectivity index (χ2n) is 15.4. The standard InChI is InChI=1S/C53H51N3O/c1-34(2)37-25-26-47(44(32-37)36-19-13-10-14-20-36)56-48-24-16-21-42(49(48)55-51(56)43-22-15-23-45(50(43)57)53(6,7)8)39-29-40(31-41(30-39)52(3,4)5)46-33-38(27-28-54-46)35-17-11-9-12-18-35/h9-34,57H,1-8H3/i6D3,7D3,8D3,9D,11D,12D,17D,18D,27D,28D,33D. The average Bonchev–Trinajstić information content (AvgIpc) is 3.71. The third-order valence-corrected chi connectivity index (χ3v) is 10.1. The highest BCUT2D eigenvalue weighted by atomic mass is 16.3. The van der Waals surface area contributed by atoms with Gasteiger partial charge in [-0.25, -0.2) is 4.98 Å². The van der Waals surface area contributed by atoms with Crippen molar-refractivity contribution in [3.05, 3.63) is 168 Å². The minimum atomic E-state index is -3.69. The Morgan fingerprint density at radius 2 is 1.40 bits per heavy atom. The Labute approximate surface area is 361 Å². The lowest BCUT2D eigenvalue weighted by Gasteiger charge is -2.22. The molecule has 0 radical (unpaired) electrons. The molecule has 0 fully saturated rings. The maximum absolute atomic E-state index is 12.5. The fourth-order valence-corrected chi connectivity index (χ4v) is 7.05. The molecule has 4 heteroatoms. The summed E-state index contributed by atoms with van der Waals surface area (Å²) in [5.74, 6) is -0.836. The zero-order valence-electron chi connectivity index (χ0n) is 49.2. The minimum Gasteiger partial charge on any atom is -0.507 e. The monoisotopic (exact) mass is 763 g/mol. The van der Waals surface area contributed by atoms with Gasteiger partial charge in [-0.1, -0.05) is 152 Å². The van der Waals surface area contributed by atoms with Crippen molar-refractivity contribution in [2.24, 2.45) is 0 Å². The van der Waals surface area contributed by atoms with Gasteiger partial charge in [0.2, 0.25) is 0 Å². The first-order valence-corrected chi connectivity index (χ1v) is 18.6. The number of benzene rings is 6. The number of imidazole rings is 1. The summed E-state index contributed by atoms with van der Waals surface area (Å²) in [6, 6.07) is 25.4. The molecule has 0 bridgehead atoms. The van der Waals surface area contributed by atoms with E-state index in [-0.39, 0.29) is 34.1 Å². The van der Waals surface area contributed by atoms with E-state index in [1.54, 1.807) is 34.9 Å². The first-order valence-electron chi connectivity index (χ1n) is 27.1. The predicted octanol–water partition coefficient (Wildman–Crippen LogP) is 14.2. The highest BCUT2D eigenvalue weighted by molar-refractivity contribution is 5.98. The number of aromatic nitrogens is 3. The maximum Gasteiger partial charge on any atom is 0.149 e. The number of para-hydroxylation sites is 2. The van der Waals surface area contributed by atoms with Crippen LogP contribution in [0, 0.1) is 0 Å². The van der Waals surface area contributed by atoms with E-state index in [1.807, 2.05) is 89.2 Å². The van der Waals surface area contributed by atoms with E-state index in [4.69, 9.17) is 26.9 Å². The number of phenolic OH excluding ortho intramolecular Hbond substituents is 1. The third kappa shape index (κ3) is 7.29. The molecule has 284 valence electrons. The number of fused-ring (bicyclic) bond motifs is 1. The van der Waals surface area contributed by atoms with Gasteiger partial charge in [-0.05, 0) is 104 Å². The fraction of sp³-hybridized carbons (Fsp3) is 0.208. The first-order chi connectivity index (χ1) is 34.3. The molecule has 0 saturated heterocycles. The van der Waals surface area contributed by atoms with E-state index in [9.17, 15) is 6.48 Å². The van der Waals surface area contributed by atoms with E-state index in [0.29, 0.717) is 33.4 Å². The van der Waals surface area contributed by atoms with E-state index < -0.39 is 96.7 Å². The fourth-order valence-electron chi connectivity index (χ4n) is 7.05. The SMILES string of the molecule is [2H]c1nc(-c2cc(-c3cccc4c3nc(-c3cccc(C(C([2H])([2H])[2H])(C([2H])([2H])[2H])C([2H])([2H])[2H])c3O)n4-c3ccc(C(C)C)cc3-c3ccccc3)cc(C(C)(C)C)c2)c([2H])c(-c2c([2H])c([2H])c([2H])c([2H])c2[2H])c1[2H]. The molecule has 0 aliphatic rings. The Morgan fingerprint density at radius 1 is 0.667 bits per heavy atom. The van der Waals surface area contributed by atoms with Gasteiger partial charge in [0, 0.05) is 35.2 Å². The van der Waals surface area contributed by atoms with Gasteiger partial charge in [-0.3, -0.25) is 9.55 Å². The van der Waals surface area contributed by atoms with Gasteiger partial charge in [0.15, 0.2) is 0 Å². The van der Waals surface area contributed by atoms with Crippen molar-refractivity contribution in [3.8, 4) is 67.5 Å². The van der Waals surface area contributed by atoms with Crippen molar-refractivity contribution < 1.29 is 28.4 Å². The number of aromatic hydroxyl groups is 1. The molecule has 2 aromatic heterocycles. The molecule has 0 atom stereocenters. The van der Waals surface area contributed by atoms with Crippen LogP contribution in [0.4, 0.5) is 0 Å². The molecule has 8 rings (SSSR count). The smallest absolute Gasteiger partial charge is 0.149 e. The number of pyridine rings is 1. The molecule has 0 aliphatic heterocycles. The van der Waals surface area contributed by atoms with Crippen LogP contribution < -0.4 is 0 Å². The maximum atomic E-state index is 12.5. The lowest BCUT2D eigenvalue weighted by molar-refractivity contribution is 0.448. The van der Waals surface area contributed by atoms with E-state index in [0.717, 1.165) is 22.8 Å². The molecular weight excluding hydrogens is 695 g/mol. The van der Waals surface area contributed by atoms with Crippen LogP contribution in [0.1, 0.15) is 101 Å². The van der Waals surface area contributed by atoms with E-state index in [1.165, 1.54) is 12.1 Å². The largest absolute Gasteiger partial charge is 0.507 e. The molecule has 0 saturated carbocycles. The van der Waals surface area contributed by atoms with Crippen LogP contribution in [0.2, 0.25) is 0 Å². The summed E-state index contributed by atoms with van der Waals surface area (Å²) in [5.41, 5.74) is -0.274. The molecule has 1 N–H and O–H groups in total. The van der Waals surface area contributed by atoms with Gasteiger partial charge < -0.3 is 5.11 Å². The van der Waals surface area contributed by atoms with E-state index >= 15 is 0 Å². The Bertz CT molecular complexity index is 3470. The van der Waals surface area contributed by atoms with Gasteiger partial charge >= 0.3 is 0 Å². The highest BCUT2D eigenvalue weighted by Crippen LogP contribution is 2.44. The Hall–Kier alpha value is -6.26. The quantitative estimate of drug-likeness (QED) is 0.176. The molecule has 2 heterocycles. The number of nitrogens with zero attached hydrogens (tertiary/aromatic N) is 3. The summed E-state index contributed by atoms with van der Waals surface area (Å²) in [6.07, 6.45) is -0.606. The summed E-state index contributed by atoms with van der Waals surface area (Å²) in [6.45, 7) is -1.11. The van der Waals surface area contributed by atoms with Crippen molar-refractivity contribution in [1.29, 1.82) is 0 Å². The van der Waals surface area contributed by atoms with Crippen LogP contribution in [-0.4, -0.2) is 19.6 Å². The van der Waals surface area contributed by atoms with Gasteiger partial charge in [0.25, 0.3) is 0 Å². The predicted molar refractivity (Wildman–Crippen MR) is 239 cm³/mol. The van der Waals surface area contributed by atoms with Crippen LogP contribution >= 0.6 is 0 Å². The summed E-state index contributed by atoms with van der Waals surface area (Å²) in [4.78, 5) is 9.60. The van der Waals surface area contributed by atoms with Crippen molar-refractivity contribution in [3.63, 3.8) is 0 Å². The Balaban J connectivity index is 1.50. The normalized spacial score (nSPS) is 17.1. The molecular formula is C53H51N3O. The van der Waals surface area contributed by atoms with Crippen LogP contribution in [0.3, 0.4) is 0 Å². The van der Waals surface area contributed by atoms with Crippen molar-refractivity contribution in [2.45, 2.75) is 71.9 Å². The van der Waals surface area contributed by atoms with Crippen molar-refractivity contribution in [1.82, 2.24) is 14.5 Å². The molecule has 4 nitrogen and oxygen atoms in total. The molecule has 0 spiro atoms. The number of phenols is 1. The lowest BCUT2D eigenvalue weighted by atomic mass is 9.83. The number of hydrogen-bond donors (Lipinski definition) is 1. The average molecular weight is 763 g/mol. The zero-order valence-corrected chi connectivity index (χ0v) is 32.2. The van der Waals surface area contributed by atoms with E-state index in [2.05, 4.69) is 4.98 Å². The number of hydrogen-bond acceptors (Lipinski definition) is 3. The number of rotatable bonds is 7. The third-order valence-electron chi connectivity index (χ3n) is 10.1. The Kier molecular flexibility index (Phi) is 5.78. The minimum absolute atomic E-state index is 0.00717. The summed E-state index contributed by atoms with van der Waals surface area (Å²) < 4.78 is 148. The second kappa shape index (κ2) is 14.7. The lowest BCUT2D eigenvalue weighted by Crippen LogP contribution is -2.12. The van der Waals surface area contributed by atoms with Gasteiger partial charge in [-0.15, -0.1) is 0 Å². The molecule has 6 aromatic carbocycles. The topological polar surface area (TPSA) is 50.9 Å². The Morgan fingerprint density at radius 3 is 2.14 bits per heavy atom. The van der Waals surface area contributed by atoms with Gasteiger partial charge in [0.1, 0.15) is 11.6 Å². The van der Waals surface area contributed by atoms with Crippen LogP contribution in [0.15, 0.2) is 152 Å². The molecule has 0 amide bonds. The molecule has 8 aromatic rings. The van der Waals surface area contributed by atoms with Crippen molar-refractivity contribution >= 4 is 11.0 Å².